The van der Waals surface area contributed by atoms with Gasteiger partial charge in [0.25, 0.3) is 0 Å². The Labute approximate surface area is 123 Å². The largest absolute Gasteiger partial charge is 0.352 e. The van der Waals surface area contributed by atoms with E-state index >= 15 is 0 Å². The van der Waals surface area contributed by atoms with Crippen LogP contribution in [-0.4, -0.2) is 24.5 Å². The molecule has 0 spiro atoms. The minimum atomic E-state index is 0.153. The number of halogens is 1. The molecule has 1 aliphatic heterocycles. The second-order valence-electron chi connectivity index (χ2n) is 5.19. The van der Waals surface area contributed by atoms with Crippen LogP contribution in [0.25, 0.3) is 0 Å². The highest BCUT2D eigenvalue weighted by Gasteiger charge is 2.21. The van der Waals surface area contributed by atoms with Crippen LogP contribution in [-0.2, 0) is 11.2 Å². The summed E-state index contributed by atoms with van der Waals surface area (Å²) in [4.78, 5) is 12.0. The summed E-state index contributed by atoms with van der Waals surface area (Å²) in [6.45, 7) is 3.20. The van der Waals surface area contributed by atoms with E-state index in [2.05, 4.69) is 45.6 Å². The first-order valence-corrected chi connectivity index (χ1v) is 7.71. The van der Waals surface area contributed by atoms with E-state index in [-0.39, 0.29) is 11.9 Å². The van der Waals surface area contributed by atoms with Gasteiger partial charge in [-0.1, -0.05) is 28.1 Å². The second kappa shape index (κ2) is 7.06. The van der Waals surface area contributed by atoms with Gasteiger partial charge in [0.1, 0.15) is 0 Å². The number of carbonyl (C=O) groups excluding carboxylic acids is 1. The summed E-state index contributed by atoms with van der Waals surface area (Å²) >= 11 is 3.45. The third-order valence-electron chi connectivity index (χ3n) is 3.64. The van der Waals surface area contributed by atoms with Crippen molar-refractivity contribution in [3.05, 3.63) is 34.3 Å². The number of hydrogen-bond donors (Lipinski definition) is 2. The third-order valence-corrected chi connectivity index (χ3v) is 4.13. The molecule has 2 unspecified atom stereocenters. The molecule has 1 aliphatic rings. The van der Waals surface area contributed by atoms with Gasteiger partial charge in [-0.25, -0.2) is 0 Å². The summed E-state index contributed by atoms with van der Waals surface area (Å²) in [5, 5.41) is 6.54. The lowest BCUT2D eigenvalue weighted by atomic mass is 9.99. The molecule has 2 rings (SSSR count). The van der Waals surface area contributed by atoms with Crippen molar-refractivity contribution in [1.29, 1.82) is 0 Å². The van der Waals surface area contributed by atoms with Crippen molar-refractivity contribution in [1.82, 2.24) is 10.6 Å². The minimum Gasteiger partial charge on any atom is -0.352 e. The Kier molecular flexibility index (Phi) is 5.40. The highest BCUT2D eigenvalue weighted by Crippen LogP contribution is 2.13. The van der Waals surface area contributed by atoms with Gasteiger partial charge in [-0.05, 0) is 50.4 Å². The lowest BCUT2D eigenvalue weighted by Crippen LogP contribution is -2.51. The summed E-state index contributed by atoms with van der Waals surface area (Å²) in [5.41, 5.74) is 1.19. The summed E-state index contributed by atoms with van der Waals surface area (Å²) in [7, 11) is 0. The predicted octanol–water partition coefficient (Wildman–Crippen LogP) is 2.64. The number of rotatable bonds is 4. The van der Waals surface area contributed by atoms with Crippen molar-refractivity contribution in [2.75, 3.05) is 6.54 Å². The number of benzene rings is 1. The zero-order valence-corrected chi connectivity index (χ0v) is 12.9. The number of aryl methyl sites for hydroxylation is 1. The van der Waals surface area contributed by atoms with E-state index in [0.717, 1.165) is 30.3 Å². The number of hydrogen-bond acceptors (Lipinski definition) is 2. The molecule has 0 bridgehead atoms. The monoisotopic (exact) mass is 324 g/mol. The molecule has 104 valence electrons. The zero-order valence-electron chi connectivity index (χ0n) is 11.3. The molecule has 0 aliphatic carbocycles. The molecule has 3 nitrogen and oxygen atoms in total. The van der Waals surface area contributed by atoms with Gasteiger partial charge in [0.05, 0.1) is 0 Å². The molecule has 1 aromatic carbocycles. The van der Waals surface area contributed by atoms with Gasteiger partial charge in [0, 0.05) is 23.0 Å². The molecule has 2 N–H and O–H groups in total. The first-order chi connectivity index (χ1) is 9.15. The number of carbonyl (C=O) groups is 1. The first-order valence-electron chi connectivity index (χ1n) is 6.92. The van der Waals surface area contributed by atoms with Crippen molar-refractivity contribution < 1.29 is 4.79 Å². The average molecular weight is 325 g/mol. The van der Waals surface area contributed by atoms with Gasteiger partial charge < -0.3 is 10.6 Å². The zero-order chi connectivity index (χ0) is 13.7. The van der Waals surface area contributed by atoms with Gasteiger partial charge in [-0.3, -0.25) is 4.79 Å². The third kappa shape index (κ3) is 4.62. The van der Waals surface area contributed by atoms with E-state index in [1.807, 2.05) is 12.1 Å². The van der Waals surface area contributed by atoms with E-state index in [1.54, 1.807) is 0 Å². The van der Waals surface area contributed by atoms with Gasteiger partial charge in [0.15, 0.2) is 0 Å². The van der Waals surface area contributed by atoms with E-state index in [1.165, 1.54) is 5.56 Å². The van der Waals surface area contributed by atoms with Crippen LogP contribution in [0.1, 0.15) is 31.7 Å². The van der Waals surface area contributed by atoms with E-state index in [9.17, 15) is 4.79 Å². The van der Waals surface area contributed by atoms with Crippen molar-refractivity contribution in [2.24, 2.45) is 0 Å². The van der Waals surface area contributed by atoms with Crippen LogP contribution >= 0.6 is 15.9 Å². The standard InChI is InChI=1S/C15H21BrN2O/c1-11-14(6-3-9-17-11)18-15(19)8-7-12-4-2-5-13(16)10-12/h2,4-5,10-11,14,17H,3,6-9H2,1H3,(H,18,19). The van der Waals surface area contributed by atoms with Gasteiger partial charge >= 0.3 is 0 Å². The van der Waals surface area contributed by atoms with Crippen molar-refractivity contribution >= 4 is 21.8 Å². The normalized spacial score (nSPS) is 23.1. The van der Waals surface area contributed by atoms with Crippen LogP contribution in [0.15, 0.2) is 28.7 Å². The Morgan fingerprint density at radius 2 is 2.37 bits per heavy atom. The molecule has 1 saturated heterocycles. The van der Waals surface area contributed by atoms with Gasteiger partial charge in [-0.15, -0.1) is 0 Å². The fourth-order valence-corrected chi connectivity index (χ4v) is 2.92. The summed E-state index contributed by atoms with van der Waals surface area (Å²) < 4.78 is 1.07. The highest BCUT2D eigenvalue weighted by atomic mass is 79.9. The Balaban J connectivity index is 1.78. The van der Waals surface area contributed by atoms with E-state index in [4.69, 9.17) is 0 Å². The molecule has 1 amide bonds. The smallest absolute Gasteiger partial charge is 0.220 e. The van der Waals surface area contributed by atoms with Gasteiger partial charge in [-0.2, -0.15) is 0 Å². The molecule has 1 aromatic rings. The predicted molar refractivity (Wildman–Crippen MR) is 81.1 cm³/mol. The molecule has 4 heteroatoms. The van der Waals surface area contributed by atoms with Crippen molar-refractivity contribution in [2.45, 2.75) is 44.7 Å². The summed E-state index contributed by atoms with van der Waals surface area (Å²) in [6, 6.07) is 8.79. The molecule has 0 saturated carbocycles. The number of piperidine rings is 1. The van der Waals surface area contributed by atoms with Crippen LogP contribution in [0.5, 0.6) is 0 Å². The quantitative estimate of drug-likeness (QED) is 0.894. The minimum absolute atomic E-state index is 0.153. The molecular weight excluding hydrogens is 304 g/mol. The average Bonchev–Trinajstić information content (AvgIpc) is 2.39. The van der Waals surface area contributed by atoms with E-state index < -0.39 is 0 Å². The molecule has 19 heavy (non-hydrogen) atoms. The van der Waals surface area contributed by atoms with Gasteiger partial charge in [0.2, 0.25) is 5.91 Å². The molecule has 0 aromatic heterocycles. The number of nitrogens with one attached hydrogen (secondary N) is 2. The number of amides is 1. The van der Waals surface area contributed by atoms with Crippen LogP contribution < -0.4 is 10.6 Å². The highest BCUT2D eigenvalue weighted by molar-refractivity contribution is 9.10. The molecular formula is C15H21BrN2O. The van der Waals surface area contributed by atoms with E-state index in [0.29, 0.717) is 12.5 Å². The van der Waals surface area contributed by atoms with Crippen LogP contribution in [0, 0.1) is 0 Å². The Morgan fingerprint density at radius 1 is 1.53 bits per heavy atom. The Morgan fingerprint density at radius 3 is 3.11 bits per heavy atom. The van der Waals surface area contributed by atoms with Crippen LogP contribution in [0.2, 0.25) is 0 Å². The lowest BCUT2D eigenvalue weighted by Gasteiger charge is -2.30. The first kappa shape index (κ1) is 14.5. The summed E-state index contributed by atoms with van der Waals surface area (Å²) in [6.07, 6.45) is 3.57. The fourth-order valence-electron chi connectivity index (χ4n) is 2.47. The SMILES string of the molecule is CC1NCCCC1NC(=O)CCc1cccc(Br)c1. The van der Waals surface area contributed by atoms with Crippen LogP contribution in [0.4, 0.5) is 0 Å². The second-order valence-corrected chi connectivity index (χ2v) is 6.10. The molecule has 0 radical (unpaired) electrons. The van der Waals surface area contributed by atoms with Crippen molar-refractivity contribution in [3.8, 4) is 0 Å². The molecule has 2 atom stereocenters. The fraction of sp³-hybridized carbons (Fsp3) is 0.533. The molecule has 1 fully saturated rings. The Bertz CT molecular complexity index is 436. The molecule has 1 heterocycles. The Hall–Kier alpha value is -0.870. The van der Waals surface area contributed by atoms with Crippen molar-refractivity contribution in [3.63, 3.8) is 0 Å². The maximum Gasteiger partial charge on any atom is 0.220 e. The summed E-state index contributed by atoms with van der Waals surface area (Å²) in [5.74, 6) is 0.153. The van der Waals surface area contributed by atoms with Crippen LogP contribution in [0.3, 0.4) is 0 Å². The maximum atomic E-state index is 12.0. The lowest BCUT2D eigenvalue weighted by molar-refractivity contribution is -0.122. The maximum absolute atomic E-state index is 12.0. The topological polar surface area (TPSA) is 41.1 Å².